The first-order valence-electron chi connectivity index (χ1n) is 7.91. The Hall–Kier alpha value is -1.47. The molecule has 6 nitrogen and oxygen atoms in total. The molecule has 2 aromatic heterocycles. The molecule has 1 fully saturated rings. The maximum atomic E-state index is 4.47. The summed E-state index contributed by atoms with van der Waals surface area (Å²) < 4.78 is 1.65. The van der Waals surface area contributed by atoms with Crippen LogP contribution in [0.25, 0.3) is 0 Å². The monoisotopic (exact) mass is 377 g/mol. The van der Waals surface area contributed by atoms with Gasteiger partial charge >= 0.3 is 0 Å². The van der Waals surface area contributed by atoms with Crippen molar-refractivity contribution in [2.24, 2.45) is 5.92 Å². The van der Waals surface area contributed by atoms with Crippen molar-refractivity contribution in [3.8, 4) is 0 Å². The molecule has 2 aromatic rings. The first-order valence-corrected chi connectivity index (χ1v) is 8.71. The Balaban J connectivity index is 1.76. The molecule has 0 aliphatic carbocycles. The van der Waals surface area contributed by atoms with Crippen LogP contribution in [-0.4, -0.2) is 50.8 Å². The lowest BCUT2D eigenvalue weighted by Crippen LogP contribution is -2.58. The predicted molar refractivity (Wildman–Crippen MR) is 94.1 cm³/mol. The number of rotatable bonds is 5. The van der Waals surface area contributed by atoms with E-state index in [2.05, 4.69) is 54.6 Å². The zero-order valence-electron chi connectivity index (χ0n) is 13.3. The molecule has 23 heavy (non-hydrogen) atoms. The van der Waals surface area contributed by atoms with E-state index in [0.717, 1.165) is 38.5 Å². The maximum Gasteiger partial charge on any atom is 0.225 e. The smallest absolute Gasteiger partial charge is 0.225 e. The highest BCUT2D eigenvalue weighted by Crippen LogP contribution is 2.39. The number of hydrogen-bond acceptors (Lipinski definition) is 5. The van der Waals surface area contributed by atoms with Crippen molar-refractivity contribution in [3.63, 3.8) is 0 Å². The molecule has 1 aliphatic rings. The van der Waals surface area contributed by atoms with E-state index in [4.69, 9.17) is 0 Å². The van der Waals surface area contributed by atoms with Crippen molar-refractivity contribution in [3.05, 3.63) is 43.8 Å². The average Bonchev–Trinajstić information content (AvgIpc) is 3.16. The zero-order chi connectivity index (χ0) is 16.3. The first-order chi connectivity index (χ1) is 11.2. The Labute approximate surface area is 145 Å². The Bertz CT molecular complexity index is 596. The number of anilines is 1. The van der Waals surface area contributed by atoms with Gasteiger partial charge in [0.1, 0.15) is 0 Å². The van der Waals surface area contributed by atoms with Gasteiger partial charge in [-0.15, -0.1) is 0 Å². The molecule has 1 saturated heterocycles. The molecule has 0 bridgehead atoms. The third-order valence-corrected chi connectivity index (χ3v) is 6.09. The van der Waals surface area contributed by atoms with Crippen LogP contribution < -0.4 is 4.90 Å². The highest BCUT2D eigenvalue weighted by molar-refractivity contribution is 9.09. The van der Waals surface area contributed by atoms with Crippen molar-refractivity contribution in [1.82, 2.24) is 24.6 Å². The second kappa shape index (κ2) is 6.97. The van der Waals surface area contributed by atoms with Gasteiger partial charge in [0.25, 0.3) is 0 Å². The van der Waals surface area contributed by atoms with Crippen molar-refractivity contribution < 1.29 is 0 Å². The van der Waals surface area contributed by atoms with Crippen LogP contribution in [0, 0.1) is 12.8 Å². The zero-order valence-corrected chi connectivity index (χ0v) is 14.9. The average molecular weight is 378 g/mol. The molecule has 2 unspecified atom stereocenters. The number of hydrogen-bond donors (Lipinski definition) is 0. The Morgan fingerprint density at radius 1 is 1.17 bits per heavy atom. The van der Waals surface area contributed by atoms with Gasteiger partial charge in [0, 0.05) is 56.9 Å². The number of alkyl halides is 1. The topological polar surface area (TPSA) is 50.1 Å². The van der Waals surface area contributed by atoms with Gasteiger partial charge in [0.2, 0.25) is 5.95 Å². The highest BCUT2D eigenvalue weighted by atomic mass is 79.9. The molecule has 3 heterocycles. The van der Waals surface area contributed by atoms with Gasteiger partial charge in [-0.05, 0) is 34.5 Å². The SMILES string of the molecule is [CH2]CC(C)C(Br)(N1CCN(c2ncccn2)CC1)n1cccn1. The normalized spacial score (nSPS) is 20.2. The largest absolute Gasteiger partial charge is 0.338 e. The summed E-state index contributed by atoms with van der Waals surface area (Å²) in [7, 11) is 0. The third-order valence-electron chi connectivity index (χ3n) is 4.44. The molecule has 0 aromatic carbocycles. The van der Waals surface area contributed by atoms with Gasteiger partial charge in [-0.1, -0.05) is 13.8 Å². The van der Waals surface area contributed by atoms with E-state index in [-0.39, 0.29) is 4.57 Å². The lowest BCUT2D eigenvalue weighted by molar-refractivity contribution is 0.0456. The van der Waals surface area contributed by atoms with Crippen LogP contribution in [-0.2, 0) is 4.57 Å². The van der Waals surface area contributed by atoms with Gasteiger partial charge in [0.15, 0.2) is 4.57 Å². The van der Waals surface area contributed by atoms with Gasteiger partial charge in [-0.2, -0.15) is 5.10 Å². The summed E-state index contributed by atoms with van der Waals surface area (Å²) in [6, 6.07) is 3.80. The molecule has 7 heteroatoms. The quantitative estimate of drug-likeness (QED) is 0.591. The summed E-state index contributed by atoms with van der Waals surface area (Å²) >= 11 is 3.97. The molecule has 0 saturated carbocycles. The first kappa shape index (κ1) is 16.4. The summed E-state index contributed by atoms with van der Waals surface area (Å²) in [5.74, 6) is 1.12. The molecule has 123 valence electrons. The van der Waals surface area contributed by atoms with Crippen LogP contribution in [0.5, 0.6) is 0 Å². The molecule has 3 rings (SSSR count). The third kappa shape index (κ3) is 3.12. The van der Waals surface area contributed by atoms with Crippen molar-refractivity contribution in [1.29, 1.82) is 0 Å². The van der Waals surface area contributed by atoms with Crippen LogP contribution in [0.3, 0.4) is 0 Å². The fourth-order valence-corrected chi connectivity index (χ4v) is 3.79. The number of halogens is 1. The molecular weight excluding hydrogens is 356 g/mol. The lowest BCUT2D eigenvalue weighted by Gasteiger charge is -2.47. The van der Waals surface area contributed by atoms with Crippen molar-refractivity contribution >= 4 is 21.9 Å². The van der Waals surface area contributed by atoms with E-state index in [1.165, 1.54) is 0 Å². The van der Waals surface area contributed by atoms with Crippen LogP contribution in [0.1, 0.15) is 13.3 Å². The molecule has 0 spiro atoms. The fraction of sp³-hybridized carbons (Fsp3) is 0.500. The molecule has 1 radical (unpaired) electrons. The molecular formula is C16H22BrN6. The second-order valence-electron chi connectivity index (χ2n) is 5.80. The number of piperazine rings is 1. The van der Waals surface area contributed by atoms with E-state index in [1.807, 2.05) is 29.2 Å². The minimum absolute atomic E-state index is 0.321. The van der Waals surface area contributed by atoms with Crippen LogP contribution in [0.2, 0.25) is 0 Å². The van der Waals surface area contributed by atoms with Gasteiger partial charge < -0.3 is 4.90 Å². The van der Waals surface area contributed by atoms with Gasteiger partial charge in [0.05, 0.1) is 0 Å². The number of aromatic nitrogens is 4. The van der Waals surface area contributed by atoms with Gasteiger partial charge in [-0.25, -0.2) is 14.6 Å². The van der Waals surface area contributed by atoms with Crippen LogP contribution >= 0.6 is 15.9 Å². The summed E-state index contributed by atoms with van der Waals surface area (Å²) in [4.78, 5) is 13.3. The summed E-state index contributed by atoms with van der Waals surface area (Å²) in [6.07, 6.45) is 8.23. The predicted octanol–water partition coefficient (Wildman–Crippen LogP) is 2.36. The Morgan fingerprint density at radius 2 is 1.87 bits per heavy atom. The summed E-state index contributed by atoms with van der Waals surface area (Å²) in [5.41, 5.74) is 0. The summed E-state index contributed by atoms with van der Waals surface area (Å²) in [5, 5.41) is 4.47. The van der Waals surface area contributed by atoms with E-state index in [9.17, 15) is 0 Å². The molecule has 2 atom stereocenters. The van der Waals surface area contributed by atoms with Crippen molar-refractivity contribution in [2.45, 2.75) is 17.9 Å². The fourth-order valence-electron chi connectivity index (χ4n) is 2.99. The standard InChI is InChI=1S/C16H22BrN6/c1-3-14(2)16(17,23-9-5-8-20-23)22-12-10-21(11-13-22)15-18-6-4-7-19-15/h4-9,14H,1,3,10-13H2,2H3. The van der Waals surface area contributed by atoms with E-state index in [0.29, 0.717) is 5.92 Å². The van der Waals surface area contributed by atoms with Crippen molar-refractivity contribution in [2.75, 3.05) is 31.1 Å². The molecule has 1 aliphatic heterocycles. The maximum absolute atomic E-state index is 4.47. The summed E-state index contributed by atoms with van der Waals surface area (Å²) in [6.45, 7) is 9.90. The molecule has 0 amide bonds. The van der Waals surface area contributed by atoms with Crippen LogP contribution in [0.4, 0.5) is 5.95 Å². The van der Waals surface area contributed by atoms with E-state index >= 15 is 0 Å². The molecule has 0 N–H and O–H groups in total. The van der Waals surface area contributed by atoms with E-state index in [1.54, 1.807) is 12.4 Å². The highest BCUT2D eigenvalue weighted by Gasteiger charge is 2.42. The Morgan fingerprint density at radius 3 is 2.43 bits per heavy atom. The second-order valence-corrected chi connectivity index (χ2v) is 6.97. The lowest BCUT2D eigenvalue weighted by atomic mass is 10.0. The van der Waals surface area contributed by atoms with Crippen LogP contribution in [0.15, 0.2) is 36.9 Å². The minimum atomic E-state index is -0.345. The van der Waals surface area contributed by atoms with Gasteiger partial charge in [-0.3, -0.25) is 4.90 Å². The number of nitrogens with zero attached hydrogens (tertiary/aromatic N) is 6. The minimum Gasteiger partial charge on any atom is -0.338 e. The van der Waals surface area contributed by atoms with E-state index < -0.39 is 0 Å². The Kier molecular flexibility index (Phi) is 4.96.